The van der Waals surface area contributed by atoms with E-state index in [4.69, 9.17) is 9.47 Å². The molecular formula is C19H26N2O2. The van der Waals surface area contributed by atoms with Gasteiger partial charge in [0, 0.05) is 18.8 Å². The summed E-state index contributed by atoms with van der Waals surface area (Å²) in [6.07, 6.45) is 2.17. The number of methoxy groups -OCH3 is 1. The molecule has 4 nitrogen and oxygen atoms in total. The Morgan fingerprint density at radius 1 is 1.09 bits per heavy atom. The smallest absolute Gasteiger partial charge is 0.161 e. The molecule has 0 aliphatic carbocycles. The Morgan fingerprint density at radius 3 is 2.70 bits per heavy atom. The Morgan fingerprint density at radius 2 is 1.96 bits per heavy atom. The van der Waals surface area contributed by atoms with Gasteiger partial charge in [-0.3, -0.25) is 4.98 Å². The van der Waals surface area contributed by atoms with Gasteiger partial charge in [0.25, 0.3) is 0 Å². The largest absolute Gasteiger partial charge is 0.493 e. The van der Waals surface area contributed by atoms with Crippen LogP contribution in [0.5, 0.6) is 11.5 Å². The van der Waals surface area contributed by atoms with Crippen LogP contribution in [0, 0.1) is 6.92 Å². The fourth-order valence-corrected chi connectivity index (χ4v) is 2.30. The number of nitrogens with one attached hydrogen (secondary N) is 1. The number of ether oxygens (including phenoxy) is 2. The first-order valence-electron chi connectivity index (χ1n) is 8.16. The van der Waals surface area contributed by atoms with E-state index in [9.17, 15) is 0 Å². The second-order valence-electron chi connectivity index (χ2n) is 5.56. The van der Waals surface area contributed by atoms with E-state index in [0.717, 1.165) is 61.0 Å². The second kappa shape index (κ2) is 9.16. The first-order chi connectivity index (χ1) is 11.2. The first-order valence-corrected chi connectivity index (χ1v) is 8.16. The maximum atomic E-state index is 5.75. The fourth-order valence-electron chi connectivity index (χ4n) is 2.30. The third kappa shape index (κ3) is 5.57. The molecule has 1 N–H and O–H groups in total. The summed E-state index contributed by atoms with van der Waals surface area (Å²) in [5.41, 5.74) is 3.26. The monoisotopic (exact) mass is 314 g/mol. The van der Waals surface area contributed by atoms with Crippen molar-refractivity contribution in [3.8, 4) is 11.5 Å². The van der Waals surface area contributed by atoms with E-state index in [-0.39, 0.29) is 0 Å². The topological polar surface area (TPSA) is 43.4 Å². The van der Waals surface area contributed by atoms with Crippen molar-refractivity contribution in [3.63, 3.8) is 0 Å². The summed E-state index contributed by atoms with van der Waals surface area (Å²) in [6.45, 7) is 6.40. The van der Waals surface area contributed by atoms with Crippen molar-refractivity contribution < 1.29 is 9.47 Å². The van der Waals surface area contributed by atoms with Gasteiger partial charge in [-0.2, -0.15) is 0 Å². The van der Waals surface area contributed by atoms with Gasteiger partial charge in [0.05, 0.1) is 19.4 Å². The van der Waals surface area contributed by atoms with Crippen molar-refractivity contribution in [2.24, 2.45) is 0 Å². The molecule has 1 aromatic carbocycles. The molecule has 1 heterocycles. The lowest BCUT2D eigenvalue weighted by Crippen LogP contribution is -2.14. The third-order valence-corrected chi connectivity index (χ3v) is 3.56. The molecule has 23 heavy (non-hydrogen) atoms. The quantitative estimate of drug-likeness (QED) is 0.714. The molecule has 0 aliphatic heterocycles. The van der Waals surface area contributed by atoms with Crippen LogP contribution in [0.2, 0.25) is 0 Å². The van der Waals surface area contributed by atoms with Gasteiger partial charge in [-0.15, -0.1) is 0 Å². The highest BCUT2D eigenvalue weighted by atomic mass is 16.5. The van der Waals surface area contributed by atoms with Crippen LogP contribution in [0.4, 0.5) is 0 Å². The van der Waals surface area contributed by atoms with E-state index in [1.165, 1.54) is 0 Å². The molecule has 0 unspecified atom stereocenters. The lowest BCUT2D eigenvalue weighted by molar-refractivity contribution is 0.288. The van der Waals surface area contributed by atoms with Crippen LogP contribution in [0.3, 0.4) is 0 Å². The maximum absolute atomic E-state index is 5.75. The van der Waals surface area contributed by atoms with Crippen LogP contribution >= 0.6 is 0 Å². The van der Waals surface area contributed by atoms with Crippen LogP contribution in [0.25, 0.3) is 0 Å². The van der Waals surface area contributed by atoms with Crippen molar-refractivity contribution in [2.75, 3.05) is 13.7 Å². The molecule has 124 valence electrons. The summed E-state index contributed by atoms with van der Waals surface area (Å²) >= 11 is 0. The number of hydrogen-bond donors (Lipinski definition) is 1. The van der Waals surface area contributed by atoms with Crippen LogP contribution in [0.1, 0.15) is 36.7 Å². The summed E-state index contributed by atoms with van der Waals surface area (Å²) in [6, 6.07) is 12.1. The second-order valence-corrected chi connectivity index (χ2v) is 5.56. The first kappa shape index (κ1) is 17.3. The molecule has 0 fully saturated rings. The molecule has 0 aliphatic rings. The Labute approximate surface area is 138 Å². The fraction of sp³-hybridized carbons (Fsp3) is 0.421. The number of aromatic nitrogens is 1. The van der Waals surface area contributed by atoms with Gasteiger partial charge < -0.3 is 14.8 Å². The van der Waals surface area contributed by atoms with Crippen molar-refractivity contribution in [2.45, 2.75) is 39.8 Å². The molecule has 2 aromatic rings. The number of unbranched alkanes of at least 4 members (excludes halogenated alkanes) is 1. The van der Waals surface area contributed by atoms with E-state index in [2.05, 4.69) is 23.3 Å². The van der Waals surface area contributed by atoms with Crippen molar-refractivity contribution in [3.05, 3.63) is 53.3 Å². The molecule has 1 aromatic heterocycles. The number of benzene rings is 1. The molecule has 0 radical (unpaired) electrons. The van der Waals surface area contributed by atoms with E-state index < -0.39 is 0 Å². The van der Waals surface area contributed by atoms with Crippen molar-refractivity contribution in [1.82, 2.24) is 10.3 Å². The zero-order valence-electron chi connectivity index (χ0n) is 14.3. The van der Waals surface area contributed by atoms with Crippen molar-refractivity contribution in [1.29, 1.82) is 0 Å². The molecule has 0 spiro atoms. The van der Waals surface area contributed by atoms with Gasteiger partial charge in [0.2, 0.25) is 0 Å². The van der Waals surface area contributed by atoms with Gasteiger partial charge in [-0.05, 0) is 43.2 Å². The normalized spacial score (nSPS) is 10.6. The Hall–Kier alpha value is -2.07. The van der Waals surface area contributed by atoms with Crippen molar-refractivity contribution >= 4 is 0 Å². The predicted molar refractivity (Wildman–Crippen MR) is 92.9 cm³/mol. The highest BCUT2D eigenvalue weighted by Crippen LogP contribution is 2.28. The standard InChI is InChI=1S/C19H26N2O2/c1-4-5-11-23-18-10-9-16(12-19(18)22-3)13-20-14-17-8-6-7-15(2)21-17/h6-10,12,20H,4-5,11,13-14H2,1-3H3. The Bertz CT molecular complexity index is 614. The highest BCUT2D eigenvalue weighted by molar-refractivity contribution is 5.42. The summed E-state index contributed by atoms with van der Waals surface area (Å²) in [5.74, 6) is 1.60. The molecule has 0 bridgehead atoms. The van der Waals surface area contributed by atoms with E-state index >= 15 is 0 Å². The number of nitrogens with zero attached hydrogens (tertiary/aromatic N) is 1. The summed E-state index contributed by atoms with van der Waals surface area (Å²) in [4.78, 5) is 4.49. The van der Waals surface area contributed by atoms with E-state index in [0.29, 0.717) is 0 Å². The molecule has 0 amide bonds. The maximum Gasteiger partial charge on any atom is 0.161 e. The number of hydrogen-bond acceptors (Lipinski definition) is 4. The van der Waals surface area contributed by atoms with Crippen LogP contribution in [-0.4, -0.2) is 18.7 Å². The lowest BCUT2D eigenvalue weighted by atomic mass is 10.2. The summed E-state index contributed by atoms with van der Waals surface area (Å²) < 4.78 is 11.2. The van der Waals surface area contributed by atoms with Gasteiger partial charge >= 0.3 is 0 Å². The van der Waals surface area contributed by atoms with Gasteiger partial charge in [0.15, 0.2) is 11.5 Å². The minimum atomic E-state index is 0.726. The Balaban J connectivity index is 1.90. The molecule has 0 atom stereocenters. The SMILES string of the molecule is CCCCOc1ccc(CNCc2cccc(C)n2)cc1OC. The molecular weight excluding hydrogens is 288 g/mol. The van der Waals surface area contributed by atoms with Gasteiger partial charge in [0.1, 0.15) is 0 Å². The molecule has 0 saturated heterocycles. The third-order valence-electron chi connectivity index (χ3n) is 3.56. The van der Waals surface area contributed by atoms with Crippen LogP contribution in [0.15, 0.2) is 36.4 Å². The van der Waals surface area contributed by atoms with E-state index in [1.54, 1.807) is 7.11 Å². The van der Waals surface area contributed by atoms with Crippen LogP contribution in [-0.2, 0) is 13.1 Å². The summed E-state index contributed by atoms with van der Waals surface area (Å²) in [5, 5.41) is 3.41. The average molecular weight is 314 g/mol. The number of aryl methyl sites for hydroxylation is 1. The average Bonchev–Trinajstić information content (AvgIpc) is 2.56. The molecule has 4 heteroatoms. The highest BCUT2D eigenvalue weighted by Gasteiger charge is 2.06. The van der Waals surface area contributed by atoms with Gasteiger partial charge in [-0.25, -0.2) is 0 Å². The minimum absolute atomic E-state index is 0.726. The Kier molecular flexibility index (Phi) is 6.88. The van der Waals surface area contributed by atoms with Gasteiger partial charge in [-0.1, -0.05) is 25.5 Å². The van der Waals surface area contributed by atoms with E-state index in [1.807, 2.05) is 37.3 Å². The minimum Gasteiger partial charge on any atom is -0.493 e. The zero-order chi connectivity index (χ0) is 16.5. The van der Waals surface area contributed by atoms with Crippen LogP contribution < -0.4 is 14.8 Å². The predicted octanol–water partition coefficient (Wildman–Crippen LogP) is 3.87. The zero-order valence-corrected chi connectivity index (χ0v) is 14.3. The molecule has 0 saturated carbocycles. The summed E-state index contributed by atoms with van der Waals surface area (Å²) in [7, 11) is 1.68. The lowest BCUT2D eigenvalue weighted by Gasteiger charge is -2.12. The number of rotatable bonds is 9. The number of pyridine rings is 1. The molecule has 2 rings (SSSR count).